The van der Waals surface area contributed by atoms with Crippen LogP contribution in [0.2, 0.25) is 0 Å². The third-order valence-corrected chi connectivity index (χ3v) is 4.09. The normalized spacial score (nSPS) is 27.9. The van der Waals surface area contributed by atoms with Crippen LogP contribution in [0.3, 0.4) is 0 Å². The lowest BCUT2D eigenvalue weighted by atomic mass is 9.93. The topological polar surface area (TPSA) is 40.5 Å². The van der Waals surface area contributed by atoms with E-state index in [9.17, 15) is 4.79 Å². The standard InChI is InChI=1S/C13H23NO2/c15-9-8-14(11-4-2-1-3-5-11)12-6-7-13(16)10-12/h11-12,15H,1-10H2. The van der Waals surface area contributed by atoms with Crippen LogP contribution in [-0.2, 0) is 4.79 Å². The summed E-state index contributed by atoms with van der Waals surface area (Å²) in [4.78, 5) is 13.8. The van der Waals surface area contributed by atoms with Crippen molar-refractivity contribution < 1.29 is 9.90 Å². The van der Waals surface area contributed by atoms with Gasteiger partial charge in [-0.15, -0.1) is 0 Å². The second kappa shape index (κ2) is 5.78. The predicted molar refractivity (Wildman–Crippen MR) is 63.3 cm³/mol. The molecule has 1 N–H and O–H groups in total. The molecule has 3 heteroatoms. The molecule has 0 aliphatic heterocycles. The first-order valence-corrected chi connectivity index (χ1v) is 6.69. The minimum Gasteiger partial charge on any atom is -0.395 e. The van der Waals surface area contributed by atoms with Crippen molar-refractivity contribution in [2.24, 2.45) is 0 Å². The van der Waals surface area contributed by atoms with Gasteiger partial charge in [0, 0.05) is 31.5 Å². The molecule has 3 nitrogen and oxygen atoms in total. The monoisotopic (exact) mass is 225 g/mol. The van der Waals surface area contributed by atoms with Crippen molar-refractivity contribution in [1.29, 1.82) is 0 Å². The molecule has 0 bridgehead atoms. The van der Waals surface area contributed by atoms with Crippen LogP contribution >= 0.6 is 0 Å². The van der Waals surface area contributed by atoms with Crippen molar-refractivity contribution in [2.75, 3.05) is 13.2 Å². The summed E-state index contributed by atoms with van der Waals surface area (Å²) in [5.41, 5.74) is 0. The van der Waals surface area contributed by atoms with Crippen molar-refractivity contribution in [3.05, 3.63) is 0 Å². The Morgan fingerprint density at radius 3 is 2.44 bits per heavy atom. The summed E-state index contributed by atoms with van der Waals surface area (Å²) in [6, 6.07) is 1.04. The van der Waals surface area contributed by atoms with Gasteiger partial charge >= 0.3 is 0 Å². The molecule has 0 spiro atoms. The Balaban J connectivity index is 1.95. The Hall–Kier alpha value is -0.410. The van der Waals surface area contributed by atoms with Gasteiger partial charge in [0.05, 0.1) is 6.61 Å². The molecule has 1 atom stereocenters. The lowest BCUT2D eigenvalue weighted by Gasteiger charge is -2.37. The maximum atomic E-state index is 11.4. The number of hydrogen-bond acceptors (Lipinski definition) is 3. The van der Waals surface area contributed by atoms with E-state index < -0.39 is 0 Å². The lowest BCUT2D eigenvalue weighted by Crippen LogP contribution is -2.44. The number of Topliss-reactive ketones (excluding diaryl/α,β-unsaturated/α-hetero) is 1. The van der Waals surface area contributed by atoms with E-state index in [1.807, 2.05) is 0 Å². The number of aliphatic hydroxyl groups excluding tert-OH is 1. The largest absolute Gasteiger partial charge is 0.395 e. The second-order valence-electron chi connectivity index (χ2n) is 5.19. The molecule has 1 unspecified atom stereocenters. The summed E-state index contributed by atoms with van der Waals surface area (Å²) in [5, 5.41) is 9.17. The summed E-state index contributed by atoms with van der Waals surface area (Å²) < 4.78 is 0. The van der Waals surface area contributed by atoms with Crippen molar-refractivity contribution in [2.45, 2.75) is 63.5 Å². The van der Waals surface area contributed by atoms with Crippen LogP contribution in [0.1, 0.15) is 51.4 Å². The van der Waals surface area contributed by atoms with E-state index in [0.717, 1.165) is 25.8 Å². The summed E-state index contributed by atoms with van der Waals surface area (Å²) >= 11 is 0. The van der Waals surface area contributed by atoms with Gasteiger partial charge in [0.15, 0.2) is 0 Å². The van der Waals surface area contributed by atoms with Gasteiger partial charge in [0.25, 0.3) is 0 Å². The molecule has 0 aromatic rings. The van der Waals surface area contributed by atoms with Gasteiger partial charge in [-0.05, 0) is 19.3 Å². The van der Waals surface area contributed by atoms with Crippen LogP contribution in [-0.4, -0.2) is 41.0 Å². The van der Waals surface area contributed by atoms with Crippen molar-refractivity contribution in [3.63, 3.8) is 0 Å². The fraction of sp³-hybridized carbons (Fsp3) is 0.923. The van der Waals surface area contributed by atoms with Gasteiger partial charge in [-0.3, -0.25) is 9.69 Å². The van der Waals surface area contributed by atoms with Gasteiger partial charge in [-0.2, -0.15) is 0 Å². The number of carbonyl (C=O) groups excluding carboxylic acids is 1. The molecule has 0 aromatic carbocycles. The first-order valence-electron chi connectivity index (χ1n) is 6.69. The Morgan fingerprint density at radius 1 is 1.12 bits per heavy atom. The fourth-order valence-corrected chi connectivity index (χ4v) is 3.27. The highest BCUT2D eigenvalue weighted by Crippen LogP contribution is 2.29. The highest BCUT2D eigenvalue weighted by molar-refractivity contribution is 5.81. The van der Waals surface area contributed by atoms with Crippen LogP contribution in [0, 0.1) is 0 Å². The van der Waals surface area contributed by atoms with E-state index >= 15 is 0 Å². The fourth-order valence-electron chi connectivity index (χ4n) is 3.27. The van der Waals surface area contributed by atoms with E-state index in [-0.39, 0.29) is 6.61 Å². The zero-order valence-corrected chi connectivity index (χ0v) is 10.0. The predicted octanol–water partition coefficient (Wildman–Crippen LogP) is 1.73. The van der Waals surface area contributed by atoms with E-state index in [1.165, 1.54) is 32.1 Å². The van der Waals surface area contributed by atoms with Gasteiger partial charge in [0.1, 0.15) is 5.78 Å². The maximum absolute atomic E-state index is 11.4. The van der Waals surface area contributed by atoms with Crippen LogP contribution in [0.4, 0.5) is 0 Å². The smallest absolute Gasteiger partial charge is 0.134 e. The third-order valence-electron chi connectivity index (χ3n) is 4.09. The molecule has 0 saturated heterocycles. The number of ketones is 1. The van der Waals surface area contributed by atoms with E-state index in [0.29, 0.717) is 17.9 Å². The van der Waals surface area contributed by atoms with E-state index in [2.05, 4.69) is 4.90 Å². The first kappa shape index (κ1) is 12.1. The highest BCUT2D eigenvalue weighted by atomic mass is 16.3. The molecular weight excluding hydrogens is 202 g/mol. The van der Waals surface area contributed by atoms with Crippen LogP contribution < -0.4 is 0 Å². The minimum absolute atomic E-state index is 0.223. The molecular formula is C13H23NO2. The van der Waals surface area contributed by atoms with Crippen molar-refractivity contribution >= 4 is 5.78 Å². The maximum Gasteiger partial charge on any atom is 0.134 e. The second-order valence-corrected chi connectivity index (χ2v) is 5.19. The highest BCUT2D eigenvalue weighted by Gasteiger charge is 2.32. The van der Waals surface area contributed by atoms with E-state index in [1.54, 1.807) is 0 Å². The number of hydrogen-bond donors (Lipinski definition) is 1. The summed E-state index contributed by atoms with van der Waals surface area (Å²) in [5.74, 6) is 0.406. The SMILES string of the molecule is O=C1CCC(N(CCO)C2CCCCC2)C1. The zero-order chi connectivity index (χ0) is 11.4. The Labute approximate surface area is 97.8 Å². The molecule has 0 amide bonds. The Bertz CT molecular complexity index is 236. The Morgan fingerprint density at radius 2 is 1.88 bits per heavy atom. The number of rotatable bonds is 4. The molecule has 0 heterocycles. The quantitative estimate of drug-likeness (QED) is 0.792. The minimum atomic E-state index is 0.223. The average molecular weight is 225 g/mol. The molecule has 2 rings (SSSR count). The zero-order valence-electron chi connectivity index (χ0n) is 10.0. The van der Waals surface area contributed by atoms with Crippen molar-refractivity contribution in [3.8, 4) is 0 Å². The summed E-state index contributed by atoms with van der Waals surface area (Å²) in [7, 11) is 0. The van der Waals surface area contributed by atoms with Crippen LogP contribution in [0.5, 0.6) is 0 Å². The first-order chi connectivity index (χ1) is 7.81. The average Bonchev–Trinajstić information content (AvgIpc) is 2.74. The van der Waals surface area contributed by atoms with E-state index in [4.69, 9.17) is 5.11 Å². The molecule has 16 heavy (non-hydrogen) atoms. The molecule has 0 aromatic heterocycles. The van der Waals surface area contributed by atoms with Crippen LogP contribution in [0.25, 0.3) is 0 Å². The summed E-state index contributed by atoms with van der Waals surface area (Å²) in [6.07, 6.45) is 8.97. The van der Waals surface area contributed by atoms with Gasteiger partial charge < -0.3 is 5.11 Å². The van der Waals surface area contributed by atoms with Gasteiger partial charge in [0.2, 0.25) is 0 Å². The molecule has 2 aliphatic rings. The molecule has 0 radical (unpaired) electrons. The molecule has 2 aliphatic carbocycles. The van der Waals surface area contributed by atoms with Gasteiger partial charge in [-0.1, -0.05) is 19.3 Å². The molecule has 92 valence electrons. The number of aliphatic hydroxyl groups is 1. The number of carbonyl (C=O) groups is 1. The summed E-state index contributed by atoms with van der Waals surface area (Å²) in [6.45, 7) is 0.976. The lowest BCUT2D eigenvalue weighted by molar-refractivity contribution is -0.117. The molecule has 2 fully saturated rings. The van der Waals surface area contributed by atoms with Gasteiger partial charge in [-0.25, -0.2) is 0 Å². The third kappa shape index (κ3) is 2.83. The Kier molecular flexibility index (Phi) is 4.36. The van der Waals surface area contributed by atoms with Crippen LogP contribution in [0.15, 0.2) is 0 Å². The molecule has 2 saturated carbocycles. The van der Waals surface area contributed by atoms with Crippen molar-refractivity contribution in [1.82, 2.24) is 4.90 Å². The number of nitrogens with zero attached hydrogens (tertiary/aromatic N) is 1.